The molecule has 7 aromatic carbocycles. The molecule has 0 radical (unpaired) electrons. The molecule has 4 nitrogen and oxygen atoms in total. The van der Waals surface area contributed by atoms with E-state index in [0.29, 0.717) is 0 Å². The predicted octanol–water partition coefficient (Wildman–Crippen LogP) is 11.1. The molecular formula is C47H36N4. The van der Waals surface area contributed by atoms with Crippen LogP contribution in [0.3, 0.4) is 0 Å². The summed E-state index contributed by atoms with van der Waals surface area (Å²) in [6.45, 7) is 0. The molecule has 3 heterocycles. The number of aryl methyl sites for hydroxylation is 1. The molecule has 0 amide bonds. The number of benzene rings is 7. The van der Waals surface area contributed by atoms with Crippen molar-refractivity contribution >= 4 is 49.3 Å². The summed E-state index contributed by atoms with van der Waals surface area (Å²) in [6.07, 6.45) is 2.30. The Hall–Kier alpha value is -6.36. The molecule has 1 aliphatic rings. The highest BCUT2D eigenvalue weighted by Crippen LogP contribution is 2.38. The van der Waals surface area contributed by atoms with Gasteiger partial charge in [-0.15, -0.1) is 0 Å². The number of fused-ring (bicyclic) bond motifs is 6. The van der Waals surface area contributed by atoms with E-state index >= 15 is 0 Å². The summed E-state index contributed by atoms with van der Waals surface area (Å²) < 4.78 is 4.69. The van der Waals surface area contributed by atoms with Gasteiger partial charge < -0.3 is 14.5 Å². The standard InChI is InChI=1S/C47H36N4/c1-50-43-18-10-8-16-37(43)39-28-34(22-26-44(39)50)35-23-27-46-40(29-35)38-17-9-11-19-45(38)51(46)36-24-20-32(21-25-36)42-30-41(31-12-4-2-5-13-31)48-47(49-42)33-14-6-3-7-15-33/h2-30,42,47-49H,1H3. The third-order valence-electron chi connectivity index (χ3n) is 10.6. The molecule has 51 heavy (non-hydrogen) atoms. The molecule has 2 aromatic heterocycles. The third-order valence-corrected chi connectivity index (χ3v) is 10.6. The predicted molar refractivity (Wildman–Crippen MR) is 213 cm³/mol. The van der Waals surface area contributed by atoms with E-state index in [2.05, 4.69) is 203 Å². The minimum Gasteiger partial charge on any atom is -0.366 e. The first kappa shape index (κ1) is 29.5. The Labute approximate surface area is 296 Å². The van der Waals surface area contributed by atoms with Gasteiger partial charge in [-0.05, 0) is 82.4 Å². The fourth-order valence-electron chi connectivity index (χ4n) is 8.06. The molecule has 0 saturated heterocycles. The number of rotatable bonds is 5. The Balaban J connectivity index is 1.04. The van der Waals surface area contributed by atoms with E-state index in [1.165, 1.54) is 71.4 Å². The highest BCUT2D eigenvalue weighted by Gasteiger charge is 2.24. The van der Waals surface area contributed by atoms with Crippen molar-refractivity contribution in [3.05, 3.63) is 193 Å². The number of nitrogens with zero attached hydrogens (tertiary/aromatic N) is 2. The van der Waals surface area contributed by atoms with Crippen LogP contribution in [0, 0.1) is 0 Å². The third kappa shape index (κ3) is 4.95. The number of para-hydroxylation sites is 2. The highest BCUT2D eigenvalue weighted by molar-refractivity contribution is 6.12. The molecule has 0 fully saturated rings. The summed E-state index contributed by atoms with van der Waals surface area (Å²) >= 11 is 0. The van der Waals surface area contributed by atoms with Crippen LogP contribution in [0.15, 0.2) is 176 Å². The summed E-state index contributed by atoms with van der Waals surface area (Å²) in [7, 11) is 2.15. The van der Waals surface area contributed by atoms with Crippen LogP contribution >= 0.6 is 0 Å². The van der Waals surface area contributed by atoms with Gasteiger partial charge in [-0.2, -0.15) is 0 Å². The van der Waals surface area contributed by atoms with Gasteiger partial charge in [0.15, 0.2) is 0 Å². The van der Waals surface area contributed by atoms with Crippen LogP contribution < -0.4 is 10.6 Å². The molecule has 244 valence electrons. The maximum absolute atomic E-state index is 3.85. The van der Waals surface area contributed by atoms with Crippen molar-refractivity contribution in [1.82, 2.24) is 19.8 Å². The van der Waals surface area contributed by atoms with Crippen LogP contribution in [0.4, 0.5) is 0 Å². The number of nitrogens with one attached hydrogen (secondary N) is 2. The first-order valence-electron chi connectivity index (χ1n) is 17.7. The molecule has 2 unspecified atom stereocenters. The first-order chi connectivity index (χ1) is 25.2. The van der Waals surface area contributed by atoms with Crippen LogP contribution in [-0.4, -0.2) is 9.13 Å². The zero-order valence-corrected chi connectivity index (χ0v) is 28.3. The maximum atomic E-state index is 3.85. The van der Waals surface area contributed by atoms with Crippen LogP contribution in [0.2, 0.25) is 0 Å². The molecule has 2 N–H and O–H groups in total. The Morgan fingerprint density at radius 3 is 1.73 bits per heavy atom. The molecule has 1 aliphatic heterocycles. The smallest absolute Gasteiger partial charge is 0.104 e. The lowest BCUT2D eigenvalue weighted by Crippen LogP contribution is -2.39. The molecule has 2 atom stereocenters. The maximum Gasteiger partial charge on any atom is 0.104 e. The lowest BCUT2D eigenvalue weighted by molar-refractivity contribution is 0.442. The number of aromatic nitrogens is 2. The summed E-state index contributed by atoms with van der Waals surface area (Å²) in [6, 6.07) is 61.6. The second-order valence-corrected chi connectivity index (χ2v) is 13.6. The van der Waals surface area contributed by atoms with Crippen LogP contribution in [0.5, 0.6) is 0 Å². The quantitative estimate of drug-likeness (QED) is 0.193. The molecule has 10 rings (SSSR count). The molecule has 4 heteroatoms. The van der Waals surface area contributed by atoms with Gasteiger partial charge in [-0.3, -0.25) is 5.32 Å². The van der Waals surface area contributed by atoms with Gasteiger partial charge in [-0.25, -0.2) is 0 Å². The summed E-state index contributed by atoms with van der Waals surface area (Å²) in [4.78, 5) is 0. The van der Waals surface area contributed by atoms with Crippen LogP contribution in [-0.2, 0) is 7.05 Å². The SMILES string of the molecule is Cn1c2ccccc2c2cc(-c3ccc4c(c3)c3ccccc3n4-c3ccc(C4C=C(c5ccccc5)NC(c5ccccc5)N4)cc3)ccc21. The van der Waals surface area contributed by atoms with Crippen molar-refractivity contribution in [3.63, 3.8) is 0 Å². The van der Waals surface area contributed by atoms with Crippen molar-refractivity contribution in [3.8, 4) is 16.8 Å². The van der Waals surface area contributed by atoms with E-state index in [4.69, 9.17) is 0 Å². The van der Waals surface area contributed by atoms with Crippen LogP contribution in [0.1, 0.15) is 28.9 Å². The van der Waals surface area contributed by atoms with Crippen molar-refractivity contribution in [2.24, 2.45) is 7.05 Å². The average molecular weight is 657 g/mol. The lowest BCUT2D eigenvalue weighted by atomic mass is 9.98. The number of hydrogen-bond acceptors (Lipinski definition) is 2. The van der Waals surface area contributed by atoms with E-state index in [1.807, 2.05) is 0 Å². The van der Waals surface area contributed by atoms with Gasteiger partial charge in [0, 0.05) is 51.0 Å². The van der Waals surface area contributed by atoms with E-state index in [1.54, 1.807) is 0 Å². The molecule has 0 bridgehead atoms. The van der Waals surface area contributed by atoms with Gasteiger partial charge in [0.1, 0.15) is 6.17 Å². The largest absolute Gasteiger partial charge is 0.366 e. The lowest BCUT2D eigenvalue weighted by Gasteiger charge is -2.33. The first-order valence-corrected chi connectivity index (χ1v) is 17.7. The summed E-state index contributed by atoms with van der Waals surface area (Å²) in [5.74, 6) is 0. The van der Waals surface area contributed by atoms with Crippen molar-refractivity contribution in [2.45, 2.75) is 12.2 Å². The summed E-state index contributed by atoms with van der Waals surface area (Å²) in [5, 5.41) is 12.7. The topological polar surface area (TPSA) is 33.9 Å². The molecule has 0 saturated carbocycles. The van der Waals surface area contributed by atoms with Gasteiger partial charge in [0.25, 0.3) is 0 Å². The minimum atomic E-state index is -0.0102. The van der Waals surface area contributed by atoms with Crippen molar-refractivity contribution < 1.29 is 0 Å². The Morgan fingerprint density at radius 2 is 1.00 bits per heavy atom. The van der Waals surface area contributed by atoms with Gasteiger partial charge in [0.05, 0.1) is 17.1 Å². The molecule has 0 aliphatic carbocycles. The zero-order valence-electron chi connectivity index (χ0n) is 28.3. The van der Waals surface area contributed by atoms with Gasteiger partial charge in [-0.1, -0.05) is 121 Å². The highest BCUT2D eigenvalue weighted by atomic mass is 15.2. The average Bonchev–Trinajstić information content (AvgIpc) is 3.69. The van der Waals surface area contributed by atoms with Crippen molar-refractivity contribution in [2.75, 3.05) is 0 Å². The van der Waals surface area contributed by atoms with E-state index in [-0.39, 0.29) is 12.2 Å². The Bertz CT molecular complexity index is 2750. The summed E-state index contributed by atoms with van der Waals surface area (Å²) in [5.41, 5.74) is 13.3. The minimum absolute atomic E-state index is 0.0102. The van der Waals surface area contributed by atoms with E-state index < -0.39 is 0 Å². The number of hydrogen-bond donors (Lipinski definition) is 2. The van der Waals surface area contributed by atoms with Gasteiger partial charge in [0.2, 0.25) is 0 Å². The zero-order chi connectivity index (χ0) is 33.9. The monoisotopic (exact) mass is 656 g/mol. The molecule has 9 aromatic rings. The van der Waals surface area contributed by atoms with Crippen LogP contribution in [0.25, 0.3) is 66.1 Å². The second kappa shape index (κ2) is 11.9. The fraction of sp³-hybridized carbons (Fsp3) is 0.0638. The normalized spacial score (nSPS) is 16.1. The molecule has 0 spiro atoms. The van der Waals surface area contributed by atoms with Crippen molar-refractivity contribution in [1.29, 1.82) is 0 Å². The van der Waals surface area contributed by atoms with E-state index in [0.717, 1.165) is 11.4 Å². The Kier molecular flexibility index (Phi) is 6.90. The van der Waals surface area contributed by atoms with E-state index in [9.17, 15) is 0 Å². The van der Waals surface area contributed by atoms with Gasteiger partial charge >= 0.3 is 0 Å². The second-order valence-electron chi connectivity index (χ2n) is 13.6. The molecular weight excluding hydrogens is 621 g/mol. The fourth-order valence-corrected chi connectivity index (χ4v) is 8.06. The Morgan fingerprint density at radius 1 is 0.451 bits per heavy atom.